The average molecular weight is 354 g/mol. The molecule has 2 heterocycles. The Hall–Kier alpha value is -0.850. The Labute approximate surface area is 154 Å². The van der Waals surface area contributed by atoms with Crippen LogP contribution in [-0.2, 0) is 4.74 Å². The number of hydrogen-bond acceptors (Lipinski definition) is 4. The quantitative estimate of drug-likeness (QED) is 0.510. The number of rotatable bonds is 8. The molecule has 2 N–H and O–H groups in total. The molecule has 0 amide bonds. The molecule has 25 heavy (non-hydrogen) atoms. The van der Waals surface area contributed by atoms with Gasteiger partial charge in [0.25, 0.3) is 0 Å². The monoisotopic (exact) mass is 353 g/mol. The van der Waals surface area contributed by atoms with Crippen molar-refractivity contribution >= 4 is 5.96 Å². The van der Waals surface area contributed by atoms with Crippen LogP contribution in [0.3, 0.4) is 0 Å². The van der Waals surface area contributed by atoms with Gasteiger partial charge in [0, 0.05) is 38.8 Å². The lowest BCUT2D eigenvalue weighted by Crippen LogP contribution is -2.50. The number of aliphatic imine (C=N–C) groups is 1. The van der Waals surface area contributed by atoms with Gasteiger partial charge >= 0.3 is 0 Å². The molecule has 0 aromatic rings. The molecule has 6 heteroatoms. The van der Waals surface area contributed by atoms with E-state index < -0.39 is 0 Å². The molecule has 2 aliphatic heterocycles. The van der Waals surface area contributed by atoms with Gasteiger partial charge in [0.2, 0.25) is 0 Å². The predicted octanol–water partition coefficient (Wildman–Crippen LogP) is 1.38. The molecule has 2 aliphatic rings. The molecule has 6 nitrogen and oxygen atoms in total. The maximum Gasteiger partial charge on any atom is 0.191 e. The predicted molar refractivity (Wildman–Crippen MR) is 105 cm³/mol. The summed E-state index contributed by atoms with van der Waals surface area (Å²) < 4.78 is 5.94. The third-order valence-corrected chi connectivity index (χ3v) is 5.05. The molecule has 2 saturated heterocycles. The third kappa shape index (κ3) is 7.12. The Morgan fingerprint density at radius 1 is 1.24 bits per heavy atom. The Morgan fingerprint density at radius 3 is 2.80 bits per heavy atom. The summed E-state index contributed by atoms with van der Waals surface area (Å²) in [6.07, 6.45) is 2.82. The molecule has 0 radical (unpaired) electrons. The Bertz CT molecular complexity index is 401. The Morgan fingerprint density at radius 2 is 2.08 bits per heavy atom. The molecule has 0 aromatic carbocycles. The van der Waals surface area contributed by atoms with E-state index in [4.69, 9.17) is 9.73 Å². The highest BCUT2D eigenvalue weighted by atomic mass is 16.5. The van der Waals surface area contributed by atoms with Crippen LogP contribution < -0.4 is 10.6 Å². The van der Waals surface area contributed by atoms with Crippen LogP contribution in [0.1, 0.15) is 40.5 Å². The number of likely N-dealkylation sites (N-methyl/N-ethyl adjacent to an activating group) is 1. The van der Waals surface area contributed by atoms with Crippen LogP contribution in [0, 0.1) is 5.92 Å². The summed E-state index contributed by atoms with van der Waals surface area (Å²) >= 11 is 0. The molecular formula is C19H39N5O. The first-order chi connectivity index (χ1) is 12.1. The van der Waals surface area contributed by atoms with Crippen molar-refractivity contribution in [2.24, 2.45) is 10.9 Å². The molecule has 0 spiro atoms. The van der Waals surface area contributed by atoms with Gasteiger partial charge in [-0.15, -0.1) is 0 Å². The van der Waals surface area contributed by atoms with Crippen molar-refractivity contribution in [3.05, 3.63) is 0 Å². The Kier molecular flexibility index (Phi) is 8.99. The molecule has 2 unspecified atom stereocenters. The summed E-state index contributed by atoms with van der Waals surface area (Å²) in [5, 5.41) is 6.86. The topological polar surface area (TPSA) is 52.1 Å². The van der Waals surface area contributed by atoms with Gasteiger partial charge in [-0.3, -0.25) is 14.8 Å². The van der Waals surface area contributed by atoms with Crippen molar-refractivity contribution in [1.82, 2.24) is 20.4 Å². The summed E-state index contributed by atoms with van der Waals surface area (Å²) in [6.45, 7) is 17.9. The Balaban J connectivity index is 1.79. The highest BCUT2D eigenvalue weighted by Gasteiger charge is 2.23. The molecule has 0 aliphatic carbocycles. The first-order valence-electron chi connectivity index (χ1n) is 10.2. The summed E-state index contributed by atoms with van der Waals surface area (Å²) in [4.78, 5) is 9.89. The zero-order valence-electron chi connectivity index (χ0n) is 16.8. The molecular weight excluding hydrogens is 314 g/mol. The molecule has 2 atom stereocenters. The first kappa shape index (κ1) is 20.5. The van der Waals surface area contributed by atoms with E-state index in [2.05, 4.69) is 48.1 Å². The van der Waals surface area contributed by atoms with Crippen LogP contribution in [0.2, 0.25) is 0 Å². The minimum atomic E-state index is 0.245. The lowest BCUT2D eigenvalue weighted by Gasteiger charge is -2.34. The second-order valence-corrected chi connectivity index (χ2v) is 7.67. The smallest absolute Gasteiger partial charge is 0.191 e. The standard InChI is InChI=1S/C19H39N5O/c1-5-20-19(21-12-17-8-7-9-24(17)6-2)22-13-18-15-23(10-11-25-18)14-16(3)4/h16-18H,5-15H2,1-4H3,(H2,20,21,22). The fourth-order valence-corrected chi connectivity index (χ4v) is 3.85. The molecule has 2 fully saturated rings. The van der Waals surface area contributed by atoms with E-state index in [0.29, 0.717) is 12.0 Å². The van der Waals surface area contributed by atoms with E-state index in [0.717, 1.165) is 58.4 Å². The maximum absolute atomic E-state index is 5.94. The van der Waals surface area contributed by atoms with E-state index in [-0.39, 0.29) is 6.10 Å². The second-order valence-electron chi connectivity index (χ2n) is 7.67. The van der Waals surface area contributed by atoms with Crippen molar-refractivity contribution in [2.75, 3.05) is 59.0 Å². The van der Waals surface area contributed by atoms with Gasteiger partial charge in [-0.2, -0.15) is 0 Å². The van der Waals surface area contributed by atoms with Gasteiger partial charge in [0.15, 0.2) is 5.96 Å². The largest absolute Gasteiger partial charge is 0.374 e. The van der Waals surface area contributed by atoms with E-state index in [9.17, 15) is 0 Å². The van der Waals surface area contributed by atoms with Crippen molar-refractivity contribution < 1.29 is 4.74 Å². The number of nitrogens with one attached hydrogen (secondary N) is 2. The lowest BCUT2D eigenvalue weighted by molar-refractivity contribution is -0.0284. The summed E-state index contributed by atoms with van der Waals surface area (Å²) in [7, 11) is 0. The van der Waals surface area contributed by atoms with Crippen LogP contribution in [0.25, 0.3) is 0 Å². The fraction of sp³-hybridized carbons (Fsp3) is 0.947. The van der Waals surface area contributed by atoms with Gasteiger partial charge < -0.3 is 15.4 Å². The number of morpholine rings is 1. The van der Waals surface area contributed by atoms with Crippen molar-refractivity contribution in [1.29, 1.82) is 0 Å². The van der Waals surface area contributed by atoms with E-state index in [1.165, 1.54) is 19.4 Å². The number of likely N-dealkylation sites (tertiary alicyclic amines) is 1. The lowest BCUT2D eigenvalue weighted by atomic mass is 10.2. The summed E-state index contributed by atoms with van der Waals surface area (Å²) in [5.41, 5.74) is 0. The second kappa shape index (κ2) is 11.0. The normalized spacial score (nSPS) is 26.4. The van der Waals surface area contributed by atoms with Gasteiger partial charge in [-0.25, -0.2) is 0 Å². The van der Waals surface area contributed by atoms with Crippen molar-refractivity contribution in [2.45, 2.75) is 52.7 Å². The average Bonchev–Trinajstić information content (AvgIpc) is 3.04. The van der Waals surface area contributed by atoms with Crippen molar-refractivity contribution in [3.8, 4) is 0 Å². The number of hydrogen-bond donors (Lipinski definition) is 2. The van der Waals surface area contributed by atoms with Crippen LogP contribution >= 0.6 is 0 Å². The molecule has 2 rings (SSSR count). The maximum atomic E-state index is 5.94. The number of guanidine groups is 1. The molecule has 0 aromatic heterocycles. The first-order valence-corrected chi connectivity index (χ1v) is 10.2. The van der Waals surface area contributed by atoms with Crippen LogP contribution in [0.4, 0.5) is 0 Å². The number of ether oxygens (including phenoxy) is 1. The fourth-order valence-electron chi connectivity index (χ4n) is 3.85. The van der Waals surface area contributed by atoms with Gasteiger partial charge in [0.05, 0.1) is 19.3 Å². The summed E-state index contributed by atoms with van der Waals surface area (Å²) in [6, 6.07) is 0.605. The highest BCUT2D eigenvalue weighted by molar-refractivity contribution is 5.79. The van der Waals surface area contributed by atoms with Gasteiger partial charge in [-0.1, -0.05) is 20.8 Å². The van der Waals surface area contributed by atoms with Crippen molar-refractivity contribution in [3.63, 3.8) is 0 Å². The minimum Gasteiger partial charge on any atom is -0.374 e. The zero-order valence-corrected chi connectivity index (χ0v) is 16.8. The summed E-state index contributed by atoms with van der Waals surface area (Å²) in [5.74, 6) is 1.63. The van der Waals surface area contributed by atoms with E-state index >= 15 is 0 Å². The van der Waals surface area contributed by atoms with Crippen LogP contribution in [-0.4, -0.2) is 86.9 Å². The van der Waals surface area contributed by atoms with Gasteiger partial charge in [-0.05, 0) is 38.8 Å². The third-order valence-electron chi connectivity index (χ3n) is 5.05. The van der Waals surface area contributed by atoms with E-state index in [1.54, 1.807) is 0 Å². The van der Waals surface area contributed by atoms with E-state index in [1.807, 2.05) is 0 Å². The SMILES string of the molecule is CCNC(=NCC1CCCN1CC)NCC1CN(CC(C)C)CCO1. The van der Waals surface area contributed by atoms with Gasteiger partial charge in [0.1, 0.15) is 0 Å². The number of nitrogens with zero attached hydrogens (tertiary/aromatic N) is 3. The highest BCUT2D eigenvalue weighted by Crippen LogP contribution is 2.16. The van der Waals surface area contributed by atoms with Crippen LogP contribution in [0.15, 0.2) is 4.99 Å². The van der Waals surface area contributed by atoms with Crippen LogP contribution in [0.5, 0.6) is 0 Å². The molecule has 146 valence electrons. The minimum absolute atomic E-state index is 0.245. The molecule has 0 bridgehead atoms. The zero-order chi connectivity index (χ0) is 18.1. The molecule has 0 saturated carbocycles.